The van der Waals surface area contributed by atoms with Gasteiger partial charge in [0.2, 0.25) is 0 Å². The number of aryl methyl sites for hydroxylation is 2. The van der Waals surface area contributed by atoms with Gasteiger partial charge in [-0.25, -0.2) is 0 Å². The minimum absolute atomic E-state index is 0.101. The molecule has 106 valence electrons. The summed E-state index contributed by atoms with van der Waals surface area (Å²) in [6.07, 6.45) is 1.83. The van der Waals surface area contributed by atoms with E-state index in [1.165, 1.54) is 11.1 Å². The van der Waals surface area contributed by atoms with E-state index in [0.29, 0.717) is 0 Å². The maximum atomic E-state index is 5.53. The van der Waals surface area contributed by atoms with Gasteiger partial charge in [-0.05, 0) is 38.1 Å². The van der Waals surface area contributed by atoms with Gasteiger partial charge >= 0.3 is 0 Å². The number of hydrogen-bond acceptors (Lipinski definition) is 3. The Balaban J connectivity index is 2.54. The third-order valence-electron chi connectivity index (χ3n) is 3.46. The molecule has 3 nitrogen and oxygen atoms in total. The first-order chi connectivity index (χ1) is 9.67. The molecular formula is C17H22N2O. The molecule has 0 aliphatic heterocycles. The number of benzene rings is 1. The van der Waals surface area contributed by atoms with Crippen LogP contribution in [0.3, 0.4) is 0 Å². The van der Waals surface area contributed by atoms with Crippen LogP contribution in [-0.4, -0.2) is 18.6 Å². The Kier molecular flexibility index (Phi) is 4.74. The van der Waals surface area contributed by atoms with Crippen LogP contribution in [0.4, 0.5) is 0 Å². The first kappa shape index (κ1) is 14.5. The second kappa shape index (κ2) is 6.53. The minimum atomic E-state index is 0.101. The summed E-state index contributed by atoms with van der Waals surface area (Å²) < 4.78 is 5.53. The zero-order chi connectivity index (χ0) is 14.5. The molecule has 1 aromatic carbocycles. The normalized spacial score (nSPS) is 12.2. The summed E-state index contributed by atoms with van der Waals surface area (Å²) in [5, 5.41) is 3.54. The summed E-state index contributed by atoms with van der Waals surface area (Å²) in [6.45, 7) is 7.14. The summed E-state index contributed by atoms with van der Waals surface area (Å²) in [6, 6.07) is 10.5. The van der Waals surface area contributed by atoms with Crippen LogP contribution in [0.25, 0.3) is 0 Å². The van der Waals surface area contributed by atoms with Crippen molar-refractivity contribution in [1.82, 2.24) is 10.3 Å². The van der Waals surface area contributed by atoms with Gasteiger partial charge in [0, 0.05) is 17.5 Å². The predicted octanol–water partition coefficient (Wildman–Crippen LogP) is 3.41. The molecule has 0 bridgehead atoms. The second-order valence-electron chi connectivity index (χ2n) is 4.91. The van der Waals surface area contributed by atoms with Gasteiger partial charge in [0.05, 0.1) is 13.2 Å². The highest BCUT2D eigenvalue weighted by Gasteiger charge is 2.19. The molecule has 1 unspecified atom stereocenters. The summed E-state index contributed by atoms with van der Waals surface area (Å²) in [5.41, 5.74) is 4.62. The third kappa shape index (κ3) is 2.99. The number of rotatable bonds is 5. The average molecular weight is 270 g/mol. The Morgan fingerprint density at radius 1 is 1.20 bits per heavy atom. The molecule has 0 amide bonds. The number of hydrogen-bond donors (Lipinski definition) is 1. The van der Waals surface area contributed by atoms with Crippen molar-refractivity contribution in [3.8, 4) is 5.75 Å². The van der Waals surface area contributed by atoms with E-state index in [1.54, 1.807) is 7.11 Å². The second-order valence-corrected chi connectivity index (χ2v) is 4.91. The van der Waals surface area contributed by atoms with E-state index in [1.807, 2.05) is 25.3 Å². The van der Waals surface area contributed by atoms with Crippen LogP contribution < -0.4 is 10.1 Å². The fraction of sp³-hybridized carbons (Fsp3) is 0.353. The van der Waals surface area contributed by atoms with Gasteiger partial charge in [0.25, 0.3) is 0 Å². The maximum absolute atomic E-state index is 5.53. The molecule has 1 atom stereocenters. The molecule has 0 saturated heterocycles. The smallest absolute Gasteiger partial charge is 0.124 e. The Morgan fingerprint density at radius 2 is 2.00 bits per heavy atom. The van der Waals surface area contributed by atoms with Crippen LogP contribution in [0, 0.1) is 13.8 Å². The van der Waals surface area contributed by atoms with Gasteiger partial charge in [-0.3, -0.25) is 4.98 Å². The van der Waals surface area contributed by atoms with Gasteiger partial charge in [-0.15, -0.1) is 0 Å². The molecule has 1 N–H and O–H groups in total. The van der Waals surface area contributed by atoms with Crippen LogP contribution in [0.5, 0.6) is 5.75 Å². The molecule has 0 aliphatic carbocycles. The van der Waals surface area contributed by atoms with Crippen molar-refractivity contribution in [3.05, 3.63) is 58.9 Å². The molecule has 0 aliphatic rings. The van der Waals surface area contributed by atoms with E-state index < -0.39 is 0 Å². The number of nitrogens with zero attached hydrogens (tertiary/aromatic N) is 1. The van der Waals surface area contributed by atoms with Crippen molar-refractivity contribution in [2.75, 3.05) is 13.7 Å². The van der Waals surface area contributed by atoms with Crippen molar-refractivity contribution in [1.29, 1.82) is 0 Å². The Labute approximate surface area is 121 Å². The summed E-state index contributed by atoms with van der Waals surface area (Å²) in [7, 11) is 1.72. The van der Waals surface area contributed by atoms with Crippen molar-refractivity contribution in [3.63, 3.8) is 0 Å². The lowest BCUT2D eigenvalue weighted by Crippen LogP contribution is -2.23. The highest BCUT2D eigenvalue weighted by molar-refractivity contribution is 5.44. The van der Waals surface area contributed by atoms with Gasteiger partial charge in [0.15, 0.2) is 0 Å². The molecule has 0 radical (unpaired) electrons. The summed E-state index contributed by atoms with van der Waals surface area (Å²) in [4.78, 5) is 4.40. The van der Waals surface area contributed by atoms with E-state index in [4.69, 9.17) is 4.74 Å². The lowest BCUT2D eigenvalue weighted by molar-refractivity contribution is 0.404. The summed E-state index contributed by atoms with van der Waals surface area (Å²) in [5.74, 6) is 0.907. The maximum Gasteiger partial charge on any atom is 0.124 e. The topological polar surface area (TPSA) is 34.1 Å². The van der Waals surface area contributed by atoms with Crippen LogP contribution in [0.15, 0.2) is 36.5 Å². The van der Waals surface area contributed by atoms with Crippen molar-refractivity contribution >= 4 is 0 Å². The van der Waals surface area contributed by atoms with Crippen LogP contribution in [0.2, 0.25) is 0 Å². The molecule has 3 heteroatoms. The molecule has 1 heterocycles. The number of aromatic nitrogens is 1. The van der Waals surface area contributed by atoms with E-state index in [-0.39, 0.29) is 6.04 Å². The van der Waals surface area contributed by atoms with Gasteiger partial charge in [0.1, 0.15) is 5.75 Å². The zero-order valence-corrected chi connectivity index (χ0v) is 12.6. The molecular weight excluding hydrogens is 248 g/mol. The number of pyridine rings is 1. The molecule has 2 rings (SSSR count). The Hall–Kier alpha value is -1.87. The first-order valence-electron chi connectivity index (χ1n) is 6.96. The monoisotopic (exact) mass is 270 g/mol. The highest BCUT2D eigenvalue weighted by Crippen LogP contribution is 2.31. The fourth-order valence-electron chi connectivity index (χ4n) is 2.47. The lowest BCUT2D eigenvalue weighted by Gasteiger charge is -2.22. The molecule has 0 fully saturated rings. The number of nitrogens with one attached hydrogen (secondary N) is 1. The lowest BCUT2D eigenvalue weighted by atomic mass is 9.95. The van der Waals surface area contributed by atoms with Crippen LogP contribution in [-0.2, 0) is 0 Å². The largest absolute Gasteiger partial charge is 0.496 e. The van der Waals surface area contributed by atoms with Crippen molar-refractivity contribution in [2.24, 2.45) is 0 Å². The standard InChI is InChI=1S/C17H22N2O/c1-5-18-17(14-7-6-10-19-13(14)3)15-11-12(2)8-9-16(15)20-4/h6-11,17-18H,5H2,1-4H3. The van der Waals surface area contributed by atoms with Gasteiger partial charge in [-0.2, -0.15) is 0 Å². The predicted molar refractivity (Wildman–Crippen MR) is 82.2 cm³/mol. The van der Waals surface area contributed by atoms with Crippen LogP contribution >= 0.6 is 0 Å². The Bertz CT molecular complexity index is 581. The van der Waals surface area contributed by atoms with Crippen LogP contribution in [0.1, 0.15) is 35.3 Å². The van der Waals surface area contributed by atoms with E-state index in [9.17, 15) is 0 Å². The minimum Gasteiger partial charge on any atom is -0.496 e. The molecule has 0 spiro atoms. The van der Waals surface area contributed by atoms with Gasteiger partial charge in [-0.1, -0.05) is 30.7 Å². The average Bonchev–Trinajstić information content (AvgIpc) is 2.46. The molecule has 0 saturated carbocycles. The van der Waals surface area contributed by atoms with E-state index in [2.05, 4.69) is 42.3 Å². The molecule has 2 aromatic rings. The molecule has 1 aromatic heterocycles. The quantitative estimate of drug-likeness (QED) is 0.904. The fourth-order valence-corrected chi connectivity index (χ4v) is 2.47. The Morgan fingerprint density at radius 3 is 2.65 bits per heavy atom. The van der Waals surface area contributed by atoms with E-state index in [0.717, 1.165) is 23.6 Å². The highest BCUT2D eigenvalue weighted by atomic mass is 16.5. The SMILES string of the molecule is CCNC(c1cc(C)ccc1OC)c1cccnc1C. The summed E-state index contributed by atoms with van der Waals surface area (Å²) >= 11 is 0. The van der Waals surface area contributed by atoms with E-state index >= 15 is 0 Å². The third-order valence-corrected chi connectivity index (χ3v) is 3.46. The van der Waals surface area contributed by atoms with Crippen molar-refractivity contribution in [2.45, 2.75) is 26.8 Å². The van der Waals surface area contributed by atoms with Crippen molar-refractivity contribution < 1.29 is 4.74 Å². The first-order valence-corrected chi connectivity index (χ1v) is 6.96. The number of methoxy groups -OCH3 is 1. The zero-order valence-electron chi connectivity index (χ0n) is 12.6. The van der Waals surface area contributed by atoms with Gasteiger partial charge < -0.3 is 10.1 Å². The molecule has 20 heavy (non-hydrogen) atoms. The number of ether oxygens (including phenoxy) is 1.